The quantitative estimate of drug-likeness (QED) is 0.427. The summed E-state index contributed by atoms with van der Waals surface area (Å²) in [5.41, 5.74) is 0. The highest BCUT2D eigenvalue weighted by Gasteiger charge is 1.90. The van der Waals surface area contributed by atoms with Crippen molar-refractivity contribution in [1.82, 2.24) is 5.32 Å². The summed E-state index contributed by atoms with van der Waals surface area (Å²) in [6.07, 6.45) is 3.36. The molecule has 0 fully saturated rings. The predicted octanol–water partition coefficient (Wildman–Crippen LogP) is 1.65. The van der Waals surface area contributed by atoms with Crippen molar-refractivity contribution in [1.29, 1.82) is 0 Å². The number of nitrogens with one attached hydrogen (secondary N) is 1. The van der Waals surface area contributed by atoms with E-state index in [2.05, 4.69) is 5.32 Å². The monoisotopic (exact) mass is 223 g/mol. The van der Waals surface area contributed by atoms with Gasteiger partial charge in [-0.1, -0.05) is 0 Å². The molecule has 0 aliphatic rings. The molecule has 0 rings (SSSR count). The highest BCUT2D eigenvalue weighted by molar-refractivity contribution is 6.17. The molecule has 0 spiro atoms. The third-order valence-electron chi connectivity index (χ3n) is 1.82. The van der Waals surface area contributed by atoms with Crippen LogP contribution < -0.4 is 5.32 Å². The molecule has 0 unspecified atom stereocenters. The number of alkyl halides is 1. The molecule has 0 atom stereocenters. The van der Waals surface area contributed by atoms with Crippen molar-refractivity contribution in [3.05, 3.63) is 0 Å². The molecule has 14 heavy (non-hydrogen) atoms. The van der Waals surface area contributed by atoms with Gasteiger partial charge in [0, 0.05) is 26.2 Å². The molecule has 0 saturated heterocycles. The van der Waals surface area contributed by atoms with Crippen molar-refractivity contribution < 1.29 is 9.47 Å². The van der Waals surface area contributed by atoms with E-state index in [1.165, 1.54) is 6.42 Å². The van der Waals surface area contributed by atoms with Gasteiger partial charge < -0.3 is 14.8 Å². The highest BCUT2D eigenvalue weighted by Crippen LogP contribution is 1.87. The first kappa shape index (κ1) is 14.2. The molecule has 1 N–H and O–H groups in total. The normalized spacial score (nSPS) is 10.7. The van der Waals surface area contributed by atoms with Crippen LogP contribution in [0.2, 0.25) is 0 Å². The Labute approximate surface area is 92.1 Å². The molecule has 0 aromatic carbocycles. The second-order valence-electron chi connectivity index (χ2n) is 3.10. The van der Waals surface area contributed by atoms with E-state index < -0.39 is 0 Å². The van der Waals surface area contributed by atoms with Gasteiger partial charge in [-0.25, -0.2) is 0 Å². The molecule has 0 aliphatic carbocycles. The van der Waals surface area contributed by atoms with E-state index >= 15 is 0 Å². The van der Waals surface area contributed by atoms with Crippen molar-refractivity contribution in [3.8, 4) is 0 Å². The van der Waals surface area contributed by atoms with Crippen LogP contribution in [0, 0.1) is 0 Å². The zero-order valence-electron chi connectivity index (χ0n) is 9.06. The molecular formula is C10H22ClNO2. The van der Waals surface area contributed by atoms with Gasteiger partial charge in [-0.15, -0.1) is 11.6 Å². The summed E-state index contributed by atoms with van der Waals surface area (Å²) in [6.45, 7) is 4.42. The minimum Gasteiger partial charge on any atom is -0.385 e. The molecule has 0 radical (unpaired) electrons. The van der Waals surface area contributed by atoms with Crippen LogP contribution in [0.15, 0.2) is 0 Å². The SMILES string of the molecule is COCCCCNCCCOCCCl. The number of methoxy groups -OCH3 is 1. The first-order valence-electron chi connectivity index (χ1n) is 5.25. The van der Waals surface area contributed by atoms with E-state index in [1.54, 1.807) is 7.11 Å². The summed E-state index contributed by atoms with van der Waals surface area (Å²) in [6, 6.07) is 0. The fourth-order valence-corrected chi connectivity index (χ4v) is 1.19. The summed E-state index contributed by atoms with van der Waals surface area (Å²) in [5, 5.41) is 3.35. The van der Waals surface area contributed by atoms with Gasteiger partial charge in [0.15, 0.2) is 0 Å². The van der Waals surface area contributed by atoms with Crippen LogP contribution in [-0.2, 0) is 9.47 Å². The standard InChI is InChI=1S/C10H22ClNO2/c1-13-8-3-2-6-12-7-4-9-14-10-5-11/h12H,2-10H2,1H3. The molecule has 0 heterocycles. The van der Waals surface area contributed by atoms with E-state index in [0.29, 0.717) is 12.5 Å². The molecule has 0 amide bonds. The first-order chi connectivity index (χ1) is 6.91. The van der Waals surface area contributed by atoms with E-state index in [-0.39, 0.29) is 0 Å². The Morgan fingerprint density at radius 2 is 1.79 bits per heavy atom. The van der Waals surface area contributed by atoms with Crippen LogP contribution in [-0.4, -0.2) is 45.9 Å². The average molecular weight is 224 g/mol. The van der Waals surface area contributed by atoms with Gasteiger partial charge in [-0.05, 0) is 32.4 Å². The average Bonchev–Trinajstić information content (AvgIpc) is 2.21. The Kier molecular flexibility index (Phi) is 13.3. The summed E-state index contributed by atoms with van der Waals surface area (Å²) in [4.78, 5) is 0. The second-order valence-corrected chi connectivity index (χ2v) is 3.48. The zero-order chi connectivity index (χ0) is 10.5. The molecule has 0 aliphatic heterocycles. The fourth-order valence-electron chi connectivity index (χ4n) is 1.08. The van der Waals surface area contributed by atoms with Crippen LogP contribution in [0.4, 0.5) is 0 Å². The van der Waals surface area contributed by atoms with Crippen molar-refractivity contribution in [2.45, 2.75) is 19.3 Å². The lowest BCUT2D eigenvalue weighted by molar-refractivity contribution is 0.146. The number of unbranched alkanes of at least 4 members (excludes halogenated alkanes) is 1. The first-order valence-corrected chi connectivity index (χ1v) is 5.78. The number of rotatable bonds is 11. The Morgan fingerprint density at radius 1 is 1.00 bits per heavy atom. The zero-order valence-corrected chi connectivity index (χ0v) is 9.81. The lowest BCUT2D eigenvalue weighted by Crippen LogP contribution is -2.18. The van der Waals surface area contributed by atoms with Crippen LogP contribution in [0.5, 0.6) is 0 Å². The Hall–Kier alpha value is 0.170. The van der Waals surface area contributed by atoms with Crippen LogP contribution >= 0.6 is 11.6 Å². The van der Waals surface area contributed by atoms with Crippen LogP contribution in [0.25, 0.3) is 0 Å². The van der Waals surface area contributed by atoms with Crippen LogP contribution in [0.3, 0.4) is 0 Å². The fraction of sp³-hybridized carbons (Fsp3) is 1.00. The molecule has 4 heteroatoms. The summed E-state index contributed by atoms with van der Waals surface area (Å²) >= 11 is 5.46. The third-order valence-corrected chi connectivity index (χ3v) is 1.97. The van der Waals surface area contributed by atoms with E-state index in [9.17, 15) is 0 Å². The molecule has 0 saturated carbocycles. The Bertz CT molecular complexity index is 92.1. The summed E-state index contributed by atoms with van der Waals surface area (Å²) in [5.74, 6) is 0.588. The van der Waals surface area contributed by atoms with Gasteiger partial charge in [0.1, 0.15) is 0 Å². The summed E-state index contributed by atoms with van der Waals surface area (Å²) in [7, 11) is 1.74. The lowest BCUT2D eigenvalue weighted by Gasteiger charge is -2.04. The van der Waals surface area contributed by atoms with Crippen molar-refractivity contribution in [2.24, 2.45) is 0 Å². The van der Waals surface area contributed by atoms with Crippen LogP contribution in [0.1, 0.15) is 19.3 Å². The van der Waals surface area contributed by atoms with Gasteiger partial charge in [-0.2, -0.15) is 0 Å². The highest BCUT2D eigenvalue weighted by atomic mass is 35.5. The largest absolute Gasteiger partial charge is 0.385 e. The minimum atomic E-state index is 0.588. The summed E-state index contributed by atoms with van der Waals surface area (Å²) < 4.78 is 10.2. The third kappa shape index (κ3) is 12.2. The van der Waals surface area contributed by atoms with E-state index in [4.69, 9.17) is 21.1 Å². The number of hydrogen-bond donors (Lipinski definition) is 1. The predicted molar refractivity (Wildman–Crippen MR) is 60.1 cm³/mol. The second kappa shape index (κ2) is 13.2. The van der Waals surface area contributed by atoms with Gasteiger partial charge in [0.25, 0.3) is 0 Å². The molecule has 86 valence electrons. The maximum Gasteiger partial charge on any atom is 0.0601 e. The lowest BCUT2D eigenvalue weighted by atomic mass is 10.3. The van der Waals surface area contributed by atoms with Gasteiger partial charge in [0.05, 0.1) is 6.61 Å². The minimum absolute atomic E-state index is 0.588. The van der Waals surface area contributed by atoms with Gasteiger partial charge in [0.2, 0.25) is 0 Å². The number of hydrogen-bond acceptors (Lipinski definition) is 3. The molecular weight excluding hydrogens is 202 g/mol. The molecule has 0 bridgehead atoms. The Balaban J connectivity index is 2.78. The van der Waals surface area contributed by atoms with E-state index in [0.717, 1.165) is 39.1 Å². The number of ether oxygens (including phenoxy) is 2. The number of halogens is 1. The molecule has 0 aromatic heterocycles. The molecule has 0 aromatic rings. The van der Waals surface area contributed by atoms with Gasteiger partial charge in [-0.3, -0.25) is 0 Å². The molecule has 3 nitrogen and oxygen atoms in total. The maximum absolute atomic E-state index is 5.46. The smallest absolute Gasteiger partial charge is 0.0601 e. The van der Waals surface area contributed by atoms with Crippen molar-refractivity contribution in [2.75, 3.05) is 45.9 Å². The Morgan fingerprint density at radius 3 is 2.50 bits per heavy atom. The van der Waals surface area contributed by atoms with Crippen molar-refractivity contribution >= 4 is 11.6 Å². The maximum atomic E-state index is 5.46. The van der Waals surface area contributed by atoms with Crippen molar-refractivity contribution in [3.63, 3.8) is 0 Å². The van der Waals surface area contributed by atoms with E-state index in [1.807, 2.05) is 0 Å². The topological polar surface area (TPSA) is 30.5 Å². The van der Waals surface area contributed by atoms with Gasteiger partial charge >= 0.3 is 0 Å².